The number of hydrogen-bond donors (Lipinski definition) is 0. The molecule has 0 aromatic heterocycles. The summed E-state index contributed by atoms with van der Waals surface area (Å²) in [5, 5.41) is 2.11. The van der Waals surface area contributed by atoms with Gasteiger partial charge in [0.05, 0.1) is 0 Å². The van der Waals surface area contributed by atoms with Gasteiger partial charge in [0, 0.05) is 0 Å². The Hall–Kier alpha value is -0.661. The van der Waals surface area contributed by atoms with E-state index in [-0.39, 0.29) is 15.4 Å². The van der Waals surface area contributed by atoms with Gasteiger partial charge in [0.1, 0.15) is 0 Å². The molecular weight excluding hydrogens is 179 g/mol. The molecule has 1 aromatic rings. The van der Waals surface area contributed by atoms with Crippen LogP contribution in [0.2, 0.25) is 0 Å². The number of fused-ring (bicyclic) bond motifs is 1. The first kappa shape index (κ1) is 5.15. The van der Waals surface area contributed by atoms with Crippen molar-refractivity contribution in [2.45, 2.75) is 0 Å². The van der Waals surface area contributed by atoms with E-state index in [9.17, 15) is 0 Å². The van der Waals surface area contributed by atoms with Gasteiger partial charge in [-0.1, -0.05) is 0 Å². The molecular formula is C6H4N2Se+. The number of nitrogens with zero attached hydrogens (tertiary/aromatic N) is 2. The van der Waals surface area contributed by atoms with E-state index in [1.807, 2.05) is 24.3 Å². The summed E-state index contributed by atoms with van der Waals surface area (Å²) in [6.45, 7) is 0. The van der Waals surface area contributed by atoms with Gasteiger partial charge in [-0.25, -0.2) is 0 Å². The number of hydrogen-bond acceptors (Lipinski definition) is 2. The molecule has 0 unspecified atom stereocenters. The quantitative estimate of drug-likeness (QED) is 0.483. The molecule has 1 aliphatic heterocycles. The van der Waals surface area contributed by atoms with Gasteiger partial charge in [-0.15, -0.1) is 0 Å². The Bertz CT molecular complexity index is 298. The summed E-state index contributed by atoms with van der Waals surface area (Å²) in [5.41, 5.74) is 0. The molecule has 1 aromatic carbocycles. The molecule has 0 amide bonds. The zero-order valence-corrected chi connectivity index (χ0v) is 6.33. The van der Waals surface area contributed by atoms with Crippen molar-refractivity contribution in [3.8, 4) is 0 Å². The van der Waals surface area contributed by atoms with Crippen molar-refractivity contribution >= 4 is 15.4 Å². The molecule has 3 heteroatoms. The summed E-state index contributed by atoms with van der Waals surface area (Å²) >= 11 is 0.129. The van der Waals surface area contributed by atoms with Crippen molar-refractivity contribution in [3.05, 3.63) is 35.0 Å². The first-order valence-electron chi connectivity index (χ1n) is 2.64. The topological polar surface area (TPSA) is 24.7 Å². The standard InChI is InChI=1S/C6H4N2Se/c1-2-4-6-5(3-1)7-9-8-6/h1-4H/q+1. The van der Waals surface area contributed by atoms with E-state index in [1.165, 1.54) is 0 Å². The third kappa shape index (κ3) is 0.784. The van der Waals surface area contributed by atoms with Gasteiger partial charge in [0.25, 0.3) is 0 Å². The zero-order valence-electron chi connectivity index (χ0n) is 4.61. The van der Waals surface area contributed by atoms with Crippen LogP contribution in [0.4, 0.5) is 0 Å². The Labute approximate surface area is 58.9 Å². The predicted molar refractivity (Wildman–Crippen MR) is 34.5 cm³/mol. The Balaban J connectivity index is 2.97. The first-order chi connectivity index (χ1) is 4.47. The van der Waals surface area contributed by atoms with Crippen molar-refractivity contribution < 1.29 is 0 Å². The molecule has 0 atom stereocenters. The van der Waals surface area contributed by atoms with Crippen LogP contribution in [0.1, 0.15) is 0 Å². The molecule has 0 N–H and O–H groups in total. The van der Waals surface area contributed by atoms with E-state index in [4.69, 9.17) is 0 Å². The van der Waals surface area contributed by atoms with Crippen molar-refractivity contribution in [2.75, 3.05) is 0 Å². The van der Waals surface area contributed by atoms with Gasteiger partial charge in [0.2, 0.25) is 0 Å². The maximum atomic E-state index is 4.20. The molecule has 0 fully saturated rings. The minimum absolute atomic E-state index is 0.129. The van der Waals surface area contributed by atoms with E-state index in [0.29, 0.717) is 0 Å². The molecule has 0 spiro atoms. The monoisotopic (exact) mass is 184 g/mol. The maximum absolute atomic E-state index is 4.20. The first-order valence-corrected chi connectivity index (χ1v) is 4.17. The summed E-state index contributed by atoms with van der Waals surface area (Å²) < 4.78 is 8.39. The second-order valence-corrected chi connectivity index (χ2v) is 2.86. The Morgan fingerprint density at radius 2 is 1.56 bits per heavy atom. The molecule has 9 heavy (non-hydrogen) atoms. The summed E-state index contributed by atoms with van der Waals surface area (Å²) in [6.07, 6.45) is 0. The summed E-state index contributed by atoms with van der Waals surface area (Å²) in [7, 11) is 0. The second kappa shape index (κ2) is 1.94. The molecule has 1 heterocycles. The molecule has 2 nitrogen and oxygen atoms in total. The molecule has 0 saturated carbocycles. The van der Waals surface area contributed by atoms with E-state index in [1.54, 1.807) is 0 Å². The van der Waals surface area contributed by atoms with Crippen molar-refractivity contribution in [1.82, 2.24) is 0 Å². The van der Waals surface area contributed by atoms with Crippen molar-refractivity contribution in [3.63, 3.8) is 0 Å². The SMILES string of the molecule is c1ccc2c(c1)=N[Se+]N=2. The summed E-state index contributed by atoms with van der Waals surface area (Å²) in [5.74, 6) is 0. The van der Waals surface area contributed by atoms with E-state index >= 15 is 0 Å². The van der Waals surface area contributed by atoms with E-state index in [2.05, 4.69) is 8.02 Å². The molecule has 0 aliphatic carbocycles. The third-order valence-corrected chi connectivity index (χ3v) is 2.33. The second-order valence-electron chi connectivity index (χ2n) is 1.75. The average molecular weight is 183 g/mol. The van der Waals surface area contributed by atoms with E-state index in [0.717, 1.165) is 10.7 Å². The van der Waals surface area contributed by atoms with Crippen LogP contribution in [0.5, 0.6) is 0 Å². The summed E-state index contributed by atoms with van der Waals surface area (Å²) in [6, 6.07) is 7.96. The number of rotatable bonds is 0. The van der Waals surface area contributed by atoms with Crippen LogP contribution in [-0.4, -0.2) is 15.4 Å². The minimum atomic E-state index is 0.129. The Morgan fingerprint density at radius 1 is 1.00 bits per heavy atom. The summed E-state index contributed by atoms with van der Waals surface area (Å²) in [4.78, 5) is 0. The average Bonchev–Trinajstić information content (AvgIpc) is 2.33. The van der Waals surface area contributed by atoms with Gasteiger partial charge in [-0.05, 0) is 0 Å². The van der Waals surface area contributed by atoms with Gasteiger partial charge in [0.15, 0.2) is 0 Å². The van der Waals surface area contributed by atoms with Crippen LogP contribution in [-0.2, 0) is 0 Å². The molecule has 43 valence electrons. The Kier molecular flexibility index (Phi) is 1.11. The van der Waals surface area contributed by atoms with Crippen LogP contribution < -0.4 is 10.7 Å². The zero-order chi connectivity index (χ0) is 6.10. The van der Waals surface area contributed by atoms with Crippen LogP contribution in [0, 0.1) is 0 Å². The fourth-order valence-electron chi connectivity index (χ4n) is 0.727. The fourth-order valence-corrected chi connectivity index (χ4v) is 1.83. The fraction of sp³-hybridized carbons (Fsp3) is 0. The third-order valence-electron chi connectivity index (χ3n) is 1.16. The van der Waals surface area contributed by atoms with Crippen LogP contribution in [0.3, 0.4) is 0 Å². The molecule has 2 rings (SSSR count). The van der Waals surface area contributed by atoms with Gasteiger partial charge in [-0.2, -0.15) is 0 Å². The van der Waals surface area contributed by atoms with Crippen LogP contribution in [0.15, 0.2) is 32.3 Å². The van der Waals surface area contributed by atoms with Crippen LogP contribution >= 0.6 is 0 Å². The van der Waals surface area contributed by atoms with Gasteiger partial charge in [-0.3, -0.25) is 0 Å². The van der Waals surface area contributed by atoms with Crippen molar-refractivity contribution in [1.29, 1.82) is 0 Å². The molecule has 1 aliphatic rings. The van der Waals surface area contributed by atoms with Gasteiger partial charge >= 0.3 is 58.4 Å². The number of benzene rings is 1. The van der Waals surface area contributed by atoms with Crippen LogP contribution in [0.25, 0.3) is 0 Å². The van der Waals surface area contributed by atoms with E-state index < -0.39 is 0 Å². The normalized spacial score (nSPS) is 13.8. The molecule has 0 bridgehead atoms. The predicted octanol–water partition coefficient (Wildman–Crippen LogP) is -0.526. The Morgan fingerprint density at radius 3 is 2.11 bits per heavy atom. The molecule has 0 saturated heterocycles. The van der Waals surface area contributed by atoms with Crippen molar-refractivity contribution in [2.24, 2.45) is 8.02 Å². The molecule has 1 radical (unpaired) electrons. The van der Waals surface area contributed by atoms with Gasteiger partial charge < -0.3 is 0 Å².